The van der Waals surface area contributed by atoms with Gasteiger partial charge in [0.1, 0.15) is 0 Å². The highest BCUT2D eigenvalue weighted by Gasteiger charge is 2.47. The fourth-order valence-electron chi connectivity index (χ4n) is 4.11. The first-order valence-electron chi connectivity index (χ1n) is 9.85. The van der Waals surface area contributed by atoms with Gasteiger partial charge in [-0.2, -0.15) is 0 Å². The molecule has 0 N–H and O–H groups in total. The van der Waals surface area contributed by atoms with Gasteiger partial charge in [-0.1, -0.05) is 45.4 Å². The summed E-state index contributed by atoms with van der Waals surface area (Å²) >= 11 is 4.27. The zero-order valence-corrected chi connectivity index (χ0v) is 17.4. The van der Waals surface area contributed by atoms with Gasteiger partial charge >= 0.3 is 6.09 Å². The third kappa shape index (κ3) is 5.48. The fourth-order valence-corrected chi connectivity index (χ4v) is 7.69. The molecule has 140 valence electrons. The molecule has 0 unspecified atom stereocenters. The van der Waals surface area contributed by atoms with Gasteiger partial charge in [0.15, 0.2) is 0 Å². The van der Waals surface area contributed by atoms with Crippen molar-refractivity contribution in [3.8, 4) is 0 Å². The highest BCUT2D eigenvalue weighted by molar-refractivity contribution is 8.21. The van der Waals surface area contributed by atoms with Crippen LogP contribution in [0.2, 0.25) is 0 Å². The van der Waals surface area contributed by atoms with Crippen LogP contribution in [0, 0.1) is 0 Å². The topological polar surface area (TPSA) is 29.5 Å². The van der Waals surface area contributed by atoms with Crippen LogP contribution in [0.5, 0.6) is 0 Å². The van der Waals surface area contributed by atoms with Crippen LogP contribution in [0.25, 0.3) is 0 Å². The van der Waals surface area contributed by atoms with Gasteiger partial charge < -0.3 is 9.64 Å². The van der Waals surface area contributed by atoms with E-state index in [9.17, 15) is 4.79 Å². The number of hydrogen-bond acceptors (Lipinski definition) is 4. The molecule has 24 heavy (non-hydrogen) atoms. The molecular weight excluding hydrogens is 338 g/mol. The normalized spacial score (nSPS) is 26.0. The molecular formula is C19H35NO2S2. The van der Waals surface area contributed by atoms with Crippen molar-refractivity contribution in [2.45, 2.75) is 94.7 Å². The van der Waals surface area contributed by atoms with E-state index in [0.717, 1.165) is 19.3 Å². The van der Waals surface area contributed by atoms with Crippen molar-refractivity contribution >= 4 is 29.6 Å². The zero-order valence-electron chi connectivity index (χ0n) is 15.7. The van der Waals surface area contributed by atoms with Crippen LogP contribution in [0.1, 0.15) is 78.6 Å². The summed E-state index contributed by atoms with van der Waals surface area (Å²) in [6.45, 7) is 6.85. The number of hydrogen-bond donors (Lipinski definition) is 0. The van der Waals surface area contributed by atoms with E-state index >= 15 is 0 Å². The summed E-state index contributed by atoms with van der Waals surface area (Å²) in [6, 6.07) is 0.651. The predicted octanol–water partition coefficient (Wildman–Crippen LogP) is 5.92. The lowest BCUT2D eigenvalue weighted by atomic mass is 9.92. The van der Waals surface area contributed by atoms with Crippen molar-refractivity contribution in [2.24, 2.45) is 0 Å². The SMILES string of the molecule is CCCCCCCC[C@@H]1CC2(C[C@H](C)N1C(=O)OCC)SCCS2. The van der Waals surface area contributed by atoms with Crippen molar-refractivity contribution < 1.29 is 9.53 Å². The number of nitrogens with zero attached hydrogens (tertiary/aromatic N) is 1. The standard InChI is InChI=1S/C19H35NO2S2/c1-4-6-7-8-9-10-11-17-15-19(23-12-13-24-19)14-16(3)20(17)18(21)22-5-2/h16-17H,4-15H2,1-3H3/t16-,17+/m0/s1. The Hall–Kier alpha value is -0.0300. The maximum Gasteiger partial charge on any atom is 0.410 e. The Morgan fingerprint density at radius 2 is 1.75 bits per heavy atom. The molecule has 2 heterocycles. The Balaban J connectivity index is 1.92. The third-order valence-corrected chi connectivity index (χ3v) is 8.71. The number of carbonyl (C=O) groups excluding carboxylic acids is 1. The number of amides is 1. The molecule has 0 aromatic carbocycles. The van der Waals surface area contributed by atoms with Gasteiger partial charge in [0, 0.05) is 23.6 Å². The second-order valence-corrected chi connectivity index (χ2v) is 10.4. The van der Waals surface area contributed by atoms with Crippen LogP contribution >= 0.6 is 23.5 Å². The van der Waals surface area contributed by atoms with E-state index in [1.54, 1.807) is 0 Å². The number of ether oxygens (including phenoxy) is 1. The molecule has 2 rings (SSSR count). The molecule has 0 aromatic rings. The number of likely N-dealkylation sites (tertiary alicyclic amines) is 1. The van der Waals surface area contributed by atoms with Gasteiger partial charge in [0.25, 0.3) is 0 Å². The lowest BCUT2D eigenvalue weighted by molar-refractivity contribution is 0.0492. The highest BCUT2D eigenvalue weighted by Crippen LogP contribution is 2.54. The summed E-state index contributed by atoms with van der Waals surface area (Å²) in [4.78, 5) is 14.6. The largest absolute Gasteiger partial charge is 0.450 e. The van der Waals surface area contributed by atoms with Crippen molar-refractivity contribution in [1.29, 1.82) is 0 Å². The molecule has 5 heteroatoms. The van der Waals surface area contributed by atoms with Crippen molar-refractivity contribution in [3.05, 3.63) is 0 Å². The molecule has 0 bridgehead atoms. The van der Waals surface area contributed by atoms with E-state index in [2.05, 4.69) is 42.3 Å². The van der Waals surface area contributed by atoms with E-state index in [-0.39, 0.29) is 6.09 Å². The number of carbonyl (C=O) groups is 1. The van der Waals surface area contributed by atoms with E-state index in [4.69, 9.17) is 4.74 Å². The number of rotatable bonds is 8. The van der Waals surface area contributed by atoms with Crippen LogP contribution in [0.15, 0.2) is 0 Å². The molecule has 1 amide bonds. The second-order valence-electron chi connectivity index (χ2n) is 7.18. The van der Waals surface area contributed by atoms with E-state index in [0.29, 0.717) is 22.8 Å². The summed E-state index contributed by atoms with van der Waals surface area (Å²) < 4.78 is 5.72. The Morgan fingerprint density at radius 1 is 1.08 bits per heavy atom. The maximum atomic E-state index is 12.5. The molecule has 2 aliphatic heterocycles. The average Bonchev–Trinajstić information content (AvgIpc) is 2.98. The minimum Gasteiger partial charge on any atom is -0.450 e. The van der Waals surface area contributed by atoms with E-state index in [1.165, 1.54) is 50.0 Å². The van der Waals surface area contributed by atoms with Gasteiger partial charge in [-0.15, -0.1) is 23.5 Å². The average molecular weight is 374 g/mol. The minimum absolute atomic E-state index is 0.0937. The Bertz CT molecular complexity index is 386. The van der Waals surface area contributed by atoms with Crippen LogP contribution in [-0.4, -0.2) is 45.3 Å². The Kier molecular flexibility index (Phi) is 8.62. The Morgan fingerprint density at radius 3 is 2.42 bits per heavy atom. The van der Waals surface area contributed by atoms with Crippen molar-refractivity contribution in [2.75, 3.05) is 18.1 Å². The zero-order chi connectivity index (χ0) is 17.4. The quantitative estimate of drug-likeness (QED) is 0.494. The molecule has 0 aromatic heterocycles. The van der Waals surface area contributed by atoms with Crippen LogP contribution in [-0.2, 0) is 4.74 Å². The predicted molar refractivity (Wildman–Crippen MR) is 107 cm³/mol. The number of unbranched alkanes of at least 4 members (excludes halogenated alkanes) is 5. The summed E-state index contributed by atoms with van der Waals surface area (Å²) in [5.74, 6) is 2.53. The van der Waals surface area contributed by atoms with E-state index < -0.39 is 0 Å². The summed E-state index contributed by atoms with van der Waals surface area (Å²) in [5.41, 5.74) is 0. The van der Waals surface area contributed by atoms with Gasteiger partial charge in [-0.3, -0.25) is 0 Å². The molecule has 2 saturated heterocycles. The van der Waals surface area contributed by atoms with Crippen molar-refractivity contribution in [1.82, 2.24) is 4.90 Å². The number of thioether (sulfide) groups is 2. The first kappa shape index (κ1) is 20.3. The van der Waals surface area contributed by atoms with Crippen LogP contribution in [0.3, 0.4) is 0 Å². The molecule has 3 nitrogen and oxygen atoms in total. The second kappa shape index (κ2) is 10.2. The van der Waals surface area contributed by atoms with Crippen molar-refractivity contribution in [3.63, 3.8) is 0 Å². The molecule has 0 aliphatic carbocycles. The summed E-state index contributed by atoms with van der Waals surface area (Å²) in [7, 11) is 0. The first-order chi connectivity index (χ1) is 11.6. The van der Waals surface area contributed by atoms with Gasteiger partial charge in [0.2, 0.25) is 0 Å². The monoisotopic (exact) mass is 373 g/mol. The van der Waals surface area contributed by atoms with Gasteiger partial charge in [0.05, 0.1) is 10.7 Å². The maximum absolute atomic E-state index is 12.5. The van der Waals surface area contributed by atoms with Crippen LogP contribution < -0.4 is 0 Å². The summed E-state index contributed by atoms with van der Waals surface area (Å²) in [5, 5.41) is 0. The molecule has 0 radical (unpaired) electrons. The molecule has 2 aliphatic rings. The lowest BCUT2D eigenvalue weighted by Gasteiger charge is -2.47. The smallest absolute Gasteiger partial charge is 0.410 e. The molecule has 2 atom stereocenters. The van der Waals surface area contributed by atoms with Crippen LogP contribution in [0.4, 0.5) is 4.79 Å². The minimum atomic E-state index is -0.0937. The molecule has 2 fully saturated rings. The number of piperidine rings is 1. The Labute approximate surface area is 157 Å². The fraction of sp³-hybridized carbons (Fsp3) is 0.947. The van der Waals surface area contributed by atoms with E-state index in [1.807, 2.05) is 6.92 Å². The van der Waals surface area contributed by atoms with Gasteiger partial charge in [-0.25, -0.2) is 4.79 Å². The first-order valence-corrected chi connectivity index (χ1v) is 11.8. The molecule has 1 spiro atoms. The highest BCUT2D eigenvalue weighted by atomic mass is 32.2. The molecule has 0 saturated carbocycles. The van der Waals surface area contributed by atoms with Gasteiger partial charge in [-0.05, 0) is 33.1 Å². The third-order valence-electron chi connectivity index (χ3n) is 5.20. The lowest BCUT2D eigenvalue weighted by Crippen LogP contribution is -2.54. The summed E-state index contributed by atoms with van der Waals surface area (Å²) in [6.07, 6.45) is 11.2.